The van der Waals surface area contributed by atoms with Crippen LogP contribution in [-0.2, 0) is 10.0 Å². The Morgan fingerprint density at radius 1 is 0.885 bits per heavy atom. The van der Waals surface area contributed by atoms with Crippen LogP contribution in [0.3, 0.4) is 0 Å². The van der Waals surface area contributed by atoms with Crippen LogP contribution in [0.1, 0.15) is 76.0 Å². The van der Waals surface area contributed by atoms with Crippen LogP contribution in [0.5, 0.6) is 0 Å². The number of sulfonamides is 1. The molecule has 0 radical (unpaired) electrons. The summed E-state index contributed by atoms with van der Waals surface area (Å²) in [5.41, 5.74) is 0. The molecule has 0 bridgehead atoms. The van der Waals surface area contributed by atoms with Crippen LogP contribution in [-0.4, -0.2) is 24.7 Å². The van der Waals surface area contributed by atoms with Crippen molar-refractivity contribution in [2.24, 2.45) is 0 Å². The van der Waals surface area contributed by atoms with Crippen molar-refractivity contribution in [3.8, 4) is 11.7 Å². The van der Waals surface area contributed by atoms with Gasteiger partial charge in [0.15, 0.2) is 5.76 Å². The molecule has 0 atom stereocenters. The number of furan rings is 1. The first-order valence-electron chi connectivity index (χ1n) is 9.58. The van der Waals surface area contributed by atoms with Crippen LogP contribution < -0.4 is 4.72 Å². The van der Waals surface area contributed by atoms with Crippen molar-refractivity contribution in [3.63, 3.8) is 0 Å². The summed E-state index contributed by atoms with van der Waals surface area (Å²) >= 11 is 0. The van der Waals surface area contributed by atoms with Crippen LogP contribution >= 0.6 is 0 Å². The third-order valence-corrected chi connectivity index (χ3v) is 6.77. The topological polar surface area (TPSA) is 98.2 Å². The minimum absolute atomic E-state index is 0.0200. The highest BCUT2D eigenvalue weighted by Gasteiger charge is 2.27. The second-order valence-electron chi connectivity index (χ2n) is 7.36. The number of aromatic nitrogens is 2. The lowest BCUT2D eigenvalue weighted by Gasteiger charge is -2.14. The van der Waals surface area contributed by atoms with Crippen molar-refractivity contribution in [3.05, 3.63) is 18.0 Å². The van der Waals surface area contributed by atoms with Crippen molar-refractivity contribution in [2.75, 3.05) is 0 Å². The van der Waals surface area contributed by atoms with E-state index in [0.29, 0.717) is 17.6 Å². The molecule has 0 spiro atoms. The van der Waals surface area contributed by atoms with Gasteiger partial charge >= 0.3 is 0 Å². The summed E-state index contributed by atoms with van der Waals surface area (Å²) in [7, 11) is -3.68. The second kappa shape index (κ2) is 7.52. The maximum atomic E-state index is 12.6. The molecule has 2 aromatic rings. The fourth-order valence-corrected chi connectivity index (χ4v) is 5.16. The van der Waals surface area contributed by atoms with Gasteiger partial charge in [-0.2, -0.15) is 0 Å². The maximum Gasteiger partial charge on any atom is 0.283 e. The fraction of sp³-hybridized carbons (Fsp3) is 0.667. The molecule has 7 nitrogen and oxygen atoms in total. The quantitative estimate of drug-likeness (QED) is 0.789. The van der Waals surface area contributed by atoms with Crippen molar-refractivity contribution >= 4 is 10.0 Å². The van der Waals surface area contributed by atoms with E-state index in [2.05, 4.69) is 14.9 Å². The minimum atomic E-state index is -3.68. The SMILES string of the molecule is O=S(=O)(NC1CCCCCC1)c1ccc(-c2nnc(C3CCCC3)o2)o1. The summed E-state index contributed by atoms with van der Waals surface area (Å²) in [6.07, 6.45) is 10.7. The molecule has 2 aliphatic carbocycles. The summed E-state index contributed by atoms with van der Waals surface area (Å²) < 4.78 is 39.2. The molecule has 0 amide bonds. The minimum Gasteiger partial charge on any atom is -0.438 e. The first-order chi connectivity index (χ1) is 12.6. The number of rotatable bonds is 5. The van der Waals surface area contributed by atoms with E-state index in [1.807, 2.05) is 0 Å². The molecule has 0 aliphatic heterocycles. The van der Waals surface area contributed by atoms with Crippen LogP contribution in [0.4, 0.5) is 0 Å². The highest BCUT2D eigenvalue weighted by molar-refractivity contribution is 7.89. The van der Waals surface area contributed by atoms with Crippen LogP contribution in [0.15, 0.2) is 26.1 Å². The molecule has 1 N–H and O–H groups in total. The largest absolute Gasteiger partial charge is 0.438 e. The van der Waals surface area contributed by atoms with E-state index < -0.39 is 10.0 Å². The molecule has 2 fully saturated rings. The van der Waals surface area contributed by atoms with Gasteiger partial charge in [0, 0.05) is 12.0 Å². The molecule has 0 unspecified atom stereocenters. The summed E-state index contributed by atoms with van der Waals surface area (Å²) in [4.78, 5) is 0. The highest BCUT2D eigenvalue weighted by atomic mass is 32.2. The Morgan fingerprint density at radius 2 is 1.58 bits per heavy atom. The van der Waals surface area contributed by atoms with Gasteiger partial charge in [-0.3, -0.25) is 0 Å². The summed E-state index contributed by atoms with van der Waals surface area (Å²) in [6.45, 7) is 0. The molecule has 26 heavy (non-hydrogen) atoms. The number of nitrogens with zero attached hydrogens (tertiary/aromatic N) is 2. The molecule has 2 aromatic heterocycles. The van der Waals surface area contributed by atoms with E-state index in [1.54, 1.807) is 6.07 Å². The van der Waals surface area contributed by atoms with Crippen molar-refractivity contribution in [1.82, 2.24) is 14.9 Å². The number of nitrogens with one attached hydrogen (secondary N) is 1. The standard InChI is InChI=1S/C18H25N3O4S/c22-26(23,21-14-9-3-1-2-4-10-14)16-12-11-15(24-16)18-20-19-17(25-18)13-7-5-6-8-13/h11-14,21H,1-10H2. The van der Waals surface area contributed by atoms with E-state index in [-0.39, 0.29) is 17.0 Å². The number of hydrogen-bond donors (Lipinski definition) is 1. The van der Waals surface area contributed by atoms with Crippen molar-refractivity contribution in [1.29, 1.82) is 0 Å². The Hall–Kier alpha value is -1.67. The Kier molecular flexibility index (Phi) is 5.13. The van der Waals surface area contributed by atoms with E-state index in [4.69, 9.17) is 8.83 Å². The molecule has 0 saturated heterocycles. The molecule has 2 saturated carbocycles. The molecular formula is C18H25N3O4S. The first-order valence-corrected chi connectivity index (χ1v) is 11.1. The highest BCUT2D eigenvalue weighted by Crippen LogP contribution is 2.34. The van der Waals surface area contributed by atoms with Gasteiger partial charge in [0.05, 0.1) is 0 Å². The van der Waals surface area contributed by atoms with Gasteiger partial charge in [0.2, 0.25) is 11.0 Å². The summed E-state index contributed by atoms with van der Waals surface area (Å²) in [5.74, 6) is 1.46. The van der Waals surface area contributed by atoms with Crippen molar-refractivity contribution < 1.29 is 17.3 Å². The van der Waals surface area contributed by atoms with Gasteiger partial charge in [-0.05, 0) is 37.8 Å². The molecule has 142 valence electrons. The lowest BCUT2D eigenvalue weighted by molar-refractivity contribution is 0.415. The molecule has 2 aliphatic rings. The van der Waals surface area contributed by atoms with E-state index in [0.717, 1.165) is 38.5 Å². The molecule has 0 aromatic carbocycles. The lowest BCUT2D eigenvalue weighted by atomic mass is 10.1. The number of hydrogen-bond acceptors (Lipinski definition) is 6. The van der Waals surface area contributed by atoms with Crippen molar-refractivity contribution in [2.45, 2.75) is 81.3 Å². The summed E-state index contributed by atoms with van der Waals surface area (Å²) in [6, 6.07) is 3.01. The second-order valence-corrected chi connectivity index (χ2v) is 9.00. The first kappa shape index (κ1) is 17.7. The Labute approximate surface area is 153 Å². The van der Waals surface area contributed by atoms with Gasteiger partial charge < -0.3 is 8.83 Å². The predicted octanol–water partition coefficient (Wildman–Crippen LogP) is 3.99. The van der Waals surface area contributed by atoms with Crippen LogP contribution in [0, 0.1) is 0 Å². The van der Waals surface area contributed by atoms with E-state index >= 15 is 0 Å². The molecular weight excluding hydrogens is 354 g/mol. The normalized spacial score (nSPS) is 20.5. The molecule has 4 rings (SSSR count). The molecule has 8 heteroatoms. The Bertz CT molecular complexity index is 828. The van der Waals surface area contributed by atoms with E-state index in [9.17, 15) is 8.42 Å². The summed E-state index contributed by atoms with van der Waals surface area (Å²) in [5, 5.41) is 8.04. The van der Waals surface area contributed by atoms with Crippen LogP contribution in [0.2, 0.25) is 0 Å². The van der Waals surface area contributed by atoms with Gasteiger partial charge in [0.25, 0.3) is 15.9 Å². The fourth-order valence-electron chi connectivity index (χ4n) is 3.93. The van der Waals surface area contributed by atoms with Gasteiger partial charge in [-0.15, -0.1) is 10.2 Å². The lowest BCUT2D eigenvalue weighted by Crippen LogP contribution is -2.34. The molecule has 2 heterocycles. The van der Waals surface area contributed by atoms with Gasteiger partial charge in [-0.1, -0.05) is 38.5 Å². The average Bonchev–Trinajstić information content (AvgIpc) is 3.34. The van der Waals surface area contributed by atoms with E-state index in [1.165, 1.54) is 31.7 Å². The maximum absolute atomic E-state index is 12.6. The predicted molar refractivity (Wildman–Crippen MR) is 95.0 cm³/mol. The van der Waals surface area contributed by atoms with Gasteiger partial charge in [-0.25, -0.2) is 13.1 Å². The Morgan fingerprint density at radius 3 is 2.31 bits per heavy atom. The average molecular weight is 379 g/mol. The third-order valence-electron chi connectivity index (χ3n) is 5.38. The zero-order valence-electron chi connectivity index (χ0n) is 14.8. The van der Waals surface area contributed by atoms with Crippen LogP contribution in [0.25, 0.3) is 11.7 Å². The zero-order valence-corrected chi connectivity index (χ0v) is 15.6. The smallest absolute Gasteiger partial charge is 0.283 e. The van der Waals surface area contributed by atoms with Gasteiger partial charge in [0.1, 0.15) is 0 Å². The Balaban J connectivity index is 1.48. The zero-order chi connectivity index (χ0) is 18.0. The third kappa shape index (κ3) is 3.86. The monoisotopic (exact) mass is 379 g/mol.